The minimum atomic E-state index is -2.54. The largest absolute Gasteiger partial charge is 0.465 e. The first-order chi connectivity index (χ1) is 18.6. The molecule has 0 unspecified atom stereocenters. The number of ether oxygens (including phenoxy) is 4. The Morgan fingerprint density at radius 2 is 1.13 bits per heavy atom. The zero-order valence-corrected chi connectivity index (χ0v) is 23.2. The molecular formula is C29H37NO9. The molecule has 10 heteroatoms. The highest BCUT2D eigenvalue weighted by atomic mass is 16.6. The molecule has 0 aromatic heterocycles. The summed E-state index contributed by atoms with van der Waals surface area (Å²) in [5.41, 5.74) is -3.82. The van der Waals surface area contributed by atoms with E-state index in [0.717, 1.165) is 0 Å². The van der Waals surface area contributed by atoms with E-state index in [1.807, 2.05) is 0 Å². The molecule has 1 aliphatic carbocycles. The van der Waals surface area contributed by atoms with Crippen LogP contribution in [0.15, 0.2) is 53.6 Å². The van der Waals surface area contributed by atoms with Crippen LogP contribution >= 0.6 is 0 Å². The highest BCUT2D eigenvalue weighted by Crippen LogP contribution is 2.58. The number of hydrogen-bond acceptors (Lipinski definition) is 9. The van der Waals surface area contributed by atoms with Gasteiger partial charge in [0.05, 0.1) is 26.4 Å². The summed E-state index contributed by atoms with van der Waals surface area (Å²) in [7, 11) is 0. The van der Waals surface area contributed by atoms with E-state index >= 15 is 0 Å². The second-order valence-electron chi connectivity index (χ2n) is 8.78. The Morgan fingerprint density at radius 1 is 0.718 bits per heavy atom. The highest BCUT2D eigenvalue weighted by molar-refractivity contribution is 6.16. The Balaban J connectivity index is 2.91. The zero-order chi connectivity index (χ0) is 29.2. The van der Waals surface area contributed by atoms with Gasteiger partial charge in [0.1, 0.15) is 0 Å². The molecule has 1 saturated carbocycles. The van der Waals surface area contributed by atoms with Crippen LogP contribution in [0.4, 0.5) is 5.69 Å². The maximum atomic E-state index is 13.8. The molecule has 1 aromatic rings. The van der Waals surface area contributed by atoms with Gasteiger partial charge in [-0.2, -0.15) is 0 Å². The smallest absolute Gasteiger partial charge is 0.325 e. The van der Waals surface area contributed by atoms with Gasteiger partial charge in [0.2, 0.25) is 0 Å². The summed E-state index contributed by atoms with van der Waals surface area (Å²) in [5, 5.41) is 2.80. The molecule has 1 fully saturated rings. The minimum absolute atomic E-state index is 0.142. The maximum absolute atomic E-state index is 13.8. The lowest BCUT2D eigenvalue weighted by Crippen LogP contribution is -2.65. The minimum Gasteiger partial charge on any atom is -0.465 e. The predicted octanol–water partition coefficient (Wildman–Crippen LogP) is 3.91. The molecule has 0 heterocycles. The van der Waals surface area contributed by atoms with Gasteiger partial charge in [-0.1, -0.05) is 31.7 Å². The molecule has 1 aromatic carbocycles. The van der Waals surface area contributed by atoms with Gasteiger partial charge in [0.25, 0.3) is 5.91 Å². The standard InChI is InChI=1S/C29H37NO9/c1-7-21(23(31)30-20-15-13-12-14-16-20)22-18-29(26(34)38-10-4,27(35)39-11-5)28(17-19(22)6,24(32)36-8-2)25(33)37-9-3/h12-16H,6-11,17-18H2,1-5H3,(H,30,31)/b22-21+. The number of benzene rings is 1. The third-order valence-corrected chi connectivity index (χ3v) is 6.59. The van der Waals surface area contributed by atoms with Crippen LogP contribution in [0, 0.1) is 10.8 Å². The Morgan fingerprint density at radius 3 is 1.51 bits per heavy atom. The van der Waals surface area contributed by atoms with Gasteiger partial charge in [-0.15, -0.1) is 0 Å². The van der Waals surface area contributed by atoms with E-state index in [1.165, 1.54) is 27.7 Å². The molecule has 10 nitrogen and oxygen atoms in total. The SMILES string of the molecule is C=C1CC(C(=O)OCC)(C(=O)OCC)C(C(=O)OCC)(C(=O)OCC)C/C1=C(/CC)C(=O)Nc1ccccc1. The summed E-state index contributed by atoms with van der Waals surface area (Å²) in [4.78, 5) is 68.3. The number of nitrogens with one attached hydrogen (secondary N) is 1. The second-order valence-corrected chi connectivity index (χ2v) is 8.78. The third-order valence-electron chi connectivity index (χ3n) is 6.59. The van der Waals surface area contributed by atoms with Crippen LogP contribution in [-0.4, -0.2) is 56.2 Å². The third kappa shape index (κ3) is 5.89. The molecule has 0 bridgehead atoms. The predicted molar refractivity (Wildman–Crippen MR) is 142 cm³/mol. The highest BCUT2D eigenvalue weighted by Gasteiger charge is 2.75. The quantitative estimate of drug-likeness (QED) is 0.191. The van der Waals surface area contributed by atoms with Crippen LogP contribution in [0.25, 0.3) is 0 Å². The van der Waals surface area contributed by atoms with E-state index < -0.39 is 53.5 Å². The first-order valence-electron chi connectivity index (χ1n) is 13.1. The number of carbonyl (C=O) groups is 5. The van der Waals surface area contributed by atoms with Gasteiger partial charge < -0.3 is 24.3 Å². The molecule has 0 spiro atoms. The van der Waals surface area contributed by atoms with Crippen molar-refractivity contribution in [3.8, 4) is 0 Å². The number of allylic oxidation sites excluding steroid dienone is 2. The van der Waals surface area contributed by atoms with Gasteiger partial charge in [0, 0.05) is 24.1 Å². The normalized spacial score (nSPS) is 16.9. The number of hydrogen-bond donors (Lipinski definition) is 1. The summed E-state index contributed by atoms with van der Waals surface area (Å²) in [5.74, 6) is -5.09. The monoisotopic (exact) mass is 543 g/mol. The fourth-order valence-corrected chi connectivity index (χ4v) is 4.85. The van der Waals surface area contributed by atoms with Crippen molar-refractivity contribution < 1.29 is 42.9 Å². The van der Waals surface area contributed by atoms with Gasteiger partial charge in [-0.3, -0.25) is 24.0 Å². The average Bonchev–Trinajstić information content (AvgIpc) is 2.90. The number of para-hydroxylation sites is 1. The average molecular weight is 544 g/mol. The molecule has 1 aliphatic rings. The van der Waals surface area contributed by atoms with E-state index in [2.05, 4.69) is 11.9 Å². The molecule has 0 atom stereocenters. The molecule has 0 saturated heterocycles. The van der Waals surface area contributed by atoms with E-state index in [0.29, 0.717) is 5.69 Å². The summed E-state index contributed by atoms with van der Waals surface area (Å²) in [6, 6.07) is 8.73. The fourth-order valence-electron chi connectivity index (χ4n) is 4.85. The van der Waals surface area contributed by atoms with E-state index in [1.54, 1.807) is 37.3 Å². The summed E-state index contributed by atoms with van der Waals surface area (Å²) in [6.07, 6.45) is -0.896. The van der Waals surface area contributed by atoms with Crippen molar-refractivity contribution in [2.75, 3.05) is 31.7 Å². The Labute approximate surface area is 228 Å². The Bertz CT molecular complexity index is 1100. The first kappa shape index (κ1) is 31.3. The number of esters is 4. The van der Waals surface area contributed by atoms with Gasteiger partial charge in [-0.05, 0) is 57.4 Å². The number of rotatable bonds is 11. The van der Waals surface area contributed by atoms with Crippen LogP contribution in [0.2, 0.25) is 0 Å². The number of carbonyl (C=O) groups excluding carboxylic acids is 5. The van der Waals surface area contributed by atoms with Crippen LogP contribution in [-0.2, 0) is 42.9 Å². The van der Waals surface area contributed by atoms with E-state index in [-0.39, 0.29) is 49.6 Å². The van der Waals surface area contributed by atoms with Crippen molar-refractivity contribution in [2.24, 2.45) is 10.8 Å². The molecule has 39 heavy (non-hydrogen) atoms. The molecule has 2 rings (SSSR count). The van der Waals surface area contributed by atoms with Gasteiger partial charge >= 0.3 is 23.9 Å². The number of amides is 1. The molecule has 0 aliphatic heterocycles. The van der Waals surface area contributed by atoms with E-state index in [9.17, 15) is 24.0 Å². The van der Waals surface area contributed by atoms with Gasteiger partial charge in [-0.25, -0.2) is 0 Å². The Kier molecular flexibility index (Phi) is 11.0. The van der Waals surface area contributed by atoms with Crippen molar-refractivity contribution in [1.29, 1.82) is 0 Å². The molecule has 1 N–H and O–H groups in total. The van der Waals surface area contributed by atoms with Crippen LogP contribution < -0.4 is 5.32 Å². The first-order valence-corrected chi connectivity index (χ1v) is 13.1. The van der Waals surface area contributed by atoms with Crippen LogP contribution in [0.1, 0.15) is 53.9 Å². The molecule has 212 valence electrons. The van der Waals surface area contributed by atoms with Crippen LogP contribution in [0.5, 0.6) is 0 Å². The molecule has 1 amide bonds. The van der Waals surface area contributed by atoms with Crippen molar-refractivity contribution >= 4 is 35.5 Å². The zero-order valence-electron chi connectivity index (χ0n) is 23.2. The maximum Gasteiger partial charge on any atom is 0.325 e. The van der Waals surface area contributed by atoms with Crippen molar-refractivity contribution in [3.05, 3.63) is 53.6 Å². The van der Waals surface area contributed by atoms with Crippen molar-refractivity contribution in [2.45, 2.75) is 53.9 Å². The topological polar surface area (TPSA) is 134 Å². The summed E-state index contributed by atoms with van der Waals surface area (Å²) >= 11 is 0. The summed E-state index contributed by atoms with van der Waals surface area (Å²) < 4.78 is 21.2. The van der Waals surface area contributed by atoms with Gasteiger partial charge in [0.15, 0.2) is 10.8 Å². The fraction of sp³-hybridized carbons (Fsp3) is 0.483. The lowest BCUT2D eigenvalue weighted by atomic mass is 9.52. The number of anilines is 1. The molecular weight excluding hydrogens is 506 g/mol. The summed E-state index contributed by atoms with van der Waals surface area (Å²) in [6.45, 7) is 11.3. The lowest BCUT2D eigenvalue weighted by molar-refractivity contribution is -0.204. The lowest BCUT2D eigenvalue weighted by Gasteiger charge is -2.47. The van der Waals surface area contributed by atoms with Crippen molar-refractivity contribution in [3.63, 3.8) is 0 Å². The van der Waals surface area contributed by atoms with E-state index in [4.69, 9.17) is 18.9 Å². The second kappa shape index (κ2) is 13.7. The molecule has 0 radical (unpaired) electrons. The van der Waals surface area contributed by atoms with Crippen molar-refractivity contribution in [1.82, 2.24) is 0 Å². The van der Waals surface area contributed by atoms with Crippen LogP contribution in [0.3, 0.4) is 0 Å². The Hall–Kier alpha value is -3.95.